The minimum atomic E-state index is -0.412. The third kappa shape index (κ3) is 5.01. The summed E-state index contributed by atoms with van der Waals surface area (Å²) in [5.41, 5.74) is 0.776. The molecule has 1 heterocycles. The molecular weight excluding hydrogens is 334 g/mol. The van der Waals surface area contributed by atoms with E-state index in [4.69, 9.17) is 0 Å². The molecule has 9 nitrogen and oxygen atoms in total. The molecule has 1 aromatic carbocycles. The van der Waals surface area contributed by atoms with Crippen LogP contribution < -0.4 is 10.6 Å². The summed E-state index contributed by atoms with van der Waals surface area (Å²) in [6, 6.07) is 6.39. The summed E-state index contributed by atoms with van der Waals surface area (Å²) in [5, 5.41) is 17.5. The van der Waals surface area contributed by atoms with E-state index in [9.17, 15) is 9.59 Å². The molecule has 2 N–H and O–H groups in total. The van der Waals surface area contributed by atoms with Crippen molar-refractivity contribution >= 4 is 17.6 Å². The molecule has 0 unspecified atom stereocenters. The maximum absolute atomic E-state index is 12.2. The third-order valence-electron chi connectivity index (χ3n) is 3.65. The first-order valence-corrected chi connectivity index (χ1v) is 8.40. The largest absolute Gasteiger partial charge is 0.342 e. The van der Waals surface area contributed by atoms with Crippen LogP contribution in [0.15, 0.2) is 24.3 Å². The number of carbonyl (C=O) groups is 2. The molecule has 0 radical (unpaired) electrons. The number of hydrogen-bond donors (Lipinski definition) is 2. The van der Waals surface area contributed by atoms with E-state index in [1.54, 1.807) is 36.2 Å². The third-order valence-corrected chi connectivity index (χ3v) is 3.65. The molecule has 0 atom stereocenters. The van der Waals surface area contributed by atoms with Gasteiger partial charge in [-0.1, -0.05) is 6.07 Å². The minimum Gasteiger partial charge on any atom is -0.342 e. The van der Waals surface area contributed by atoms with Crippen molar-refractivity contribution in [3.63, 3.8) is 0 Å². The molecule has 26 heavy (non-hydrogen) atoms. The normalized spacial score (nSPS) is 11.1. The molecule has 1 aromatic heterocycles. The summed E-state index contributed by atoms with van der Waals surface area (Å²) < 4.78 is 0. The van der Waals surface area contributed by atoms with Crippen molar-refractivity contribution in [3.05, 3.63) is 35.7 Å². The van der Waals surface area contributed by atoms with Gasteiger partial charge >= 0.3 is 6.03 Å². The monoisotopic (exact) mass is 359 g/mol. The molecular formula is C17H25N7O2. The van der Waals surface area contributed by atoms with Crippen molar-refractivity contribution in [2.24, 2.45) is 0 Å². The lowest BCUT2D eigenvalue weighted by atomic mass is 10.1. The van der Waals surface area contributed by atoms with Gasteiger partial charge in [0.1, 0.15) is 0 Å². The molecule has 0 saturated carbocycles. The number of nitrogens with one attached hydrogen (secondary N) is 2. The van der Waals surface area contributed by atoms with Gasteiger partial charge in [0, 0.05) is 24.8 Å². The summed E-state index contributed by atoms with van der Waals surface area (Å²) in [5.74, 6) is 0.322. The maximum atomic E-state index is 12.2. The Morgan fingerprint density at radius 2 is 2.00 bits per heavy atom. The Kier molecular flexibility index (Phi) is 5.91. The zero-order valence-corrected chi connectivity index (χ0v) is 15.8. The van der Waals surface area contributed by atoms with Gasteiger partial charge in [-0.15, -0.1) is 10.2 Å². The molecule has 0 aliphatic heterocycles. The predicted molar refractivity (Wildman–Crippen MR) is 97.7 cm³/mol. The van der Waals surface area contributed by atoms with Crippen molar-refractivity contribution in [1.82, 2.24) is 30.4 Å². The quantitative estimate of drug-likeness (QED) is 0.847. The van der Waals surface area contributed by atoms with E-state index in [2.05, 4.69) is 26.0 Å². The molecule has 2 rings (SSSR count). The second-order valence-corrected chi connectivity index (χ2v) is 6.87. The highest BCUT2D eigenvalue weighted by Gasteiger charge is 2.17. The number of tetrazole rings is 1. The number of amides is 3. The Morgan fingerprint density at radius 1 is 1.27 bits per heavy atom. The first-order chi connectivity index (χ1) is 12.2. The lowest BCUT2D eigenvalue weighted by Gasteiger charge is -2.15. The predicted octanol–water partition coefficient (Wildman–Crippen LogP) is 1.84. The molecule has 9 heteroatoms. The SMILES string of the molecule is CCN(C)C(=O)c1cccc(NC(=O)NCc2nnn(C(C)(C)C)n2)c1. The van der Waals surface area contributed by atoms with Crippen LogP contribution in [-0.4, -0.2) is 50.6 Å². The van der Waals surface area contributed by atoms with Crippen LogP contribution in [0.25, 0.3) is 0 Å². The van der Waals surface area contributed by atoms with E-state index < -0.39 is 6.03 Å². The van der Waals surface area contributed by atoms with Crippen LogP contribution in [0.3, 0.4) is 0 Å². The number of urea groups is 1. The molecule has 0 aliphatic carbocycles. The highest BCUT2D eigenvalue weighted by molar-refractivity contribution is 5.96. The second-order valence-electron chi connectivity index (χ2n) is 6.87. The Balaban J connectivity index is 1.94. The number of benzene rings is 1. The average Bonchev–Trinajstić information content (AvgIpc) is 3.08. The Morgan fingerprint density at radius 3 is 2.62 bits per heavy atom. The topological polar surface area (TPSA) is 105 Å². The van der Waals surface area contributed by atoms with Crippen LogP contribution >= 0.6 is 0 Å². The van der Waals surface area contributed by atoms with Crippen molar-refractivity contribution in [3.8, 4) is 0 Å². The summed E-state index contributed by atoms with van der Waals surface area (Å²) in [6.45, 7) is 8.55. The summed E-state index contributed by atoms with van der Waals surface area (Å²) in [6.07, 6.45) is 0. The standard InChI is InChI=1S/C17H25N7O2/c1-6-23(5)15(25)12-8-7-9-13(10-12)19-16(26)18-11-14-20-22-24(21-14)17(2,3)4/h7-10H,6,11H2,1-5H3,(H2,18,19,26). The number of rotatable bonds is 5. The number of nitrogens with zero attached hydrogens (tertiary/aromatic N) is 5. The van der Waals surface area contributed by atoms with Gasteiger partial charge in [-0.05, 0) is 51.1 Å². The smallest absolute Gasteiger partial charge is 0.319 e. The van der Waals surface area contributed by atoms with E-state index in [1.807, 2.05) is 27.7 Å². The van der Waals surface area contributed by atoms with Crippen LogP contribution in [0.2, 0.25) is 0 Å². The molecule has 0 fully saturated rings. The zero-order valence-electron chi connectivity index (χ0n) is 15.8. The van der Waals surface area contributed by atoms with Gasteiger partial charge in [-0.25, -0.2) is 4.79 Å². The first-order valence-electron chi connectivity index (χ1n) is 8.40. The van der Waals surface area contributed by atoms with Crippen molar-refractivity contribution < 1.29 is 9.59 Å². The van der Waals surface area contributed by atoms with Gasteiger partial charge in [0.05, 0.1) is 12.1 Å². The van der Waals surface area contributed by atoms with Gasteiger partial charge in [-0.3, -0.25) is 4.79 Å². The van der Waals surface area contributed by atoms with Crippen molar-refractivity contribution in [1.29, 1.82) is 0 Å². The average molecular weight is 359 g/mol. The van der Waals surface area contributed by atoms with E-state index in [1.165, 1.54) is 4.80 Å². The summed E-state index contributed by atoms with van der Waals surface area (Å²) >= 11 is 0. The number of anilines is 1. The molecule has 0 bridgehead atoms. The van der Waals surface area contributed by atoms with Gasteiger partial charge in [0.2, 0.25) is 0 Å². The van der Waals surface area contributed by atoms with E-state index in [0.29, 0.717) is 23.6 Å². The number of hydrogen-bond acceptors (Lipinski definition) is 5. The summed E-state index contributed by atoms with van der Waals surface area (Å²) in [4.78, 5) is 27.3. The van der Waals surface area contributed by atoms with Crippen LogP contribution in [0.1, 0.15) is 43.9 Å². The molecule has 3 amide bonds. The van der Waals surface area contributed by atoms with Crippen LogP contribution in [0.4, 0.5) is 10.5 Å². The van der Waals surface area contributed by atoms with Gasteiger partial charge in [0.25, 0.3) is 5.91 Å². The first kappa shape index (κ1) is 19.4. The minimum absolute atomic E-state index is 0.0976. The van der Waals surface area contributed by atoms with Crippen LogP contribution in [-0.2, 0) is 12.1 Å². The van der Waals surface area contributed by atoms with E-state index in [-0.39, 0.29) is 18.0 Å². The van der Waals surface area contributed by atoms with E-state index in [0.717, 1.165) is 0 Å². The highest BCUT2D eigenvalue weighted by Crippen LogP contribution is 2.12. The van der Waals surface area contributed by atoms with Gasteiger partial charge in [0.15, 0.2) is 5.82 Å². The Bertz CT molecular complexity index is 779. The van der Waals surface area contributed by atoms with Gasteiger partial charge < -0.3 is 15.5 Å². The number of carbonyl (C=O) groups excluding carboxylic acids is 2. The Labute approximate surface area is 152 Å². The lowest BCUT2D eigenvalue weighted by Crippen LogP contribution is -2.29. The second kappa shape index (κ2) is 7.94. The fraction of sp³-hybridized carbons (Fsp3) is 0.471. The maximum Gasteiger partial charge on any atom is 0.319 e. The van der Waals surface area contributed by atoms with Gasteiger partial charge in [-0.2, -0.15) is 4.80 Å². The fourth-order valence-electron chi connectivity index (χ4n) is 2.03. The lowest BCUT2D eigenvalue weighted by molar-refractivity contribution is 0.0802. The van der Waals surface area contributed by atoms with E-state index >= 15 is 0 Å². The molecule has 140 valence electrons. The Hall–Kier alpha value is -2.97. The van der Waals surface area contributed by atoms with Crippen LogP contribution in [0.5, 0.6) is 0 Å². The zero-order chi connectivity index (χ0) is 19.3. The van der Waals surface area contributed by atoms with Crippen LogP contribution in [0, 0.1) is 0 Å². The molecule has 0 saturated heterocycles. The van der Waals surface area contributed by atoms with Crippen molar-refractivity contribution in [2.45, 2.75) is 39.8 Å². The van der Waals surface area contributed by atoms with Crippen molar-refractivity contribution in [2.75, 3.05) is 18.9 Å². The molecule has 2 aromatic rings. The molecule has 0 aliphatic rings. The highest BCUT2D eigenvalue weighted by atomic mass is 16.2. The molecule has 0 spiro atoms. The number of aromatic nitrogens is 4. The summed E-state index contributed by atoms with van der Waals surface area (Å²) in [7, 11) is 1.73. The fourth-order valence-corrected chi connectivity index (χ4v) is 2.03.